The average molecular weight is 505 g/mol. The topological polar surface area (TPSA) is 94.6 Å². The van der Waals surface area contributed by atoms with Crippen LogP contribution in [-0.2, 0) is 17.6 Å². The van der Waals surface area contributed by atoms with Gasteiger partial charge in [0.25, 0.3) is 5.91 Å². The SMILES string of the molecule is CC(C)N(CCCCc1ccc2c(n1)NCCC2)CCC(NC(=O)c1cccc(F)c1Cl)C(=O)O. The molecule has 7 nitrogen and oxygen atoms in total. The molecule has 1 aromatic carbocycles. The number of benzene rings is 1. The summed E-state index contributed by atoms with van der Waals surface area (Å²) in [4.78, 5) is 31.2. The molecule has 0 radical (unpaired) electrons. The van der Waals surface area contributed by atoms with E-state index in [1.165, 1.54) is 17.7 Å². The summed E-state index contributed by atoms with van der Waals surface area (Å²) in [7, 11) is 0. The predicted molar refractivity (Wildman–Crippen MR) is 136 cm³/mol. The Kier molecular flexibility index (Phi) is 9.86. The van der Waals surface area contributed by atoms with Crippen LogP contribution in [0.4, 0.5) is 10.2 Å². The fraction of sp³-hybridized carbons (Fsp3) is 0.500. The maximum atomic E-state index is 13.7. The zero-order chi connectivity index (χ0) is 25.4. The standard InChI is InChI=1S/C26H34ClFN4O3/c1-17(2)32(15-4-3-8-19-12-11-18-7-6-14-29-24(18)30-19)16-13-22(26(34)35)31-25(33)20-9-5-10-21(28)23(20)27/h5,9-12,17,22H,3-4,6-8,13-16H2,1-2H3,(H,29,30)(H,31,33)(H,34,35). The van der Waals surface area contributed by atoms with Crippen LogP contribution in [0.1, 0.15) is 61.1 Å². The molecule has 1 amide bonds. The number of anilines is 1. The van der Waals surface area contributed by atoms with Crippen LogP contribution in [-0.4, -0.2) is 58.6 Å². The number of carbonyl (C=O) groups excluding carboxylic acids is 1. The van der Waals surface area contributed by atoms with Crippen molar-refractivity contribution in [1.29, 1.82) is 0 Å². The highest BCUT2D eigenvalue weighted by atomic mass is 35.5. The molecule has 0 saturated heterocycles. The van der Waals surface area contributed by atoms with E-state index in [1.807, 2.05) is 0 Å². The Morgan fingerprint density at radius 3 is 2.77 bits per heavy atom. The summed E-state index contributed by atoms with van der Waals surface area (Å²) >= 11 is 5.87. The van der Waals surface area contributed by atoms with Crippen molar-refractivity contribution in [2.75, 3.05) is 25.0 Å². The molecule has 1 aliphatic heterocycles. The first-order chi connectivity index (χ1) is 16.8. The summed E-state index contributed by atoms with van der Waals surface area (Å²) in [6, 6.07) is 7.28. The van der Waals surface area contributed by atoms with Gasteiger partial charge in [0.15, 0.2) is 0 Å². The van der Waals surface area contributed by atoms with E-state index in [0.29, 0.717) is 6.54 Å². The largest absolute Gasteiger partial charge is 0.480 e. The van der Waals surface area contributed by atoms with Gasteiger partial charge in [0.2, 0.25) is 0 Å². The lowest BCUT2D eigenvalue weighted by atomic mass is 10.1. The lowest BCUT2D eigenvalue weighted by Gasteiger charge is -2.28. The molecular weight excluding hydrogens is 471 g/mol. The van der Waals surface area contributed by atoms with Gasteiger partial charge in [-0.1, -0.05) is 23.7 Å². The molecule has 1 aromatic heterocycles. The third-order valence-corrected chi connectivity index (χ3v) is 6.70. The highest BCUT2D eigenvalue weighted by molar-refractivity contribution is 6.34. The van der Waals surface area contributed by atoms with Crippen LogP contribution in [0.3, 0.4) is 0 Å². The molecule has 0 saturated carbocycles. The highest BCUT2D eigenvalue weighted by Crippen LogP contribution is 2.21. The Hall–Kier alpha value is -2.71. The Morgan fingerprint density at radius 1 is 1.23 bits per heavy atom. The molecule has 35 heavy (non-hydrogen) atoms. The number of aromatic nitrogens is 1. The van der Waals surface area contributed by atoms with Gasteiger partial charge >= 0.3 is 5.97 Å². The molecule has 1 unspecified atom stereocenters. The van der Waals surface area contributed by atoms with Crippen LogP contribution in [0.25, 0.3) is 0 Å². The molecule has 0 fully saturated rings. The fourth-order valence-electron chi connectivity index (χ4n) is 4.22. The molecule has 9 heteroatoms. The lowest BCUT2D eigenvalue weighted by Crippen LogP contribution is -2.44. The van der Waals surface area contributed by atoms with E-state index in [1.54, 1.807) is 0 Å². The fourth-order valence-corrected chi connectivity index (χ4v) is 4.44. The number of nitrogens with one attached hydrogen (secondary N) is 2. The molecule has 2 aromatic rings. The van der Waals surface area contributed by atoms with Gasteiger partial charge in [-0.25, -0.2) is 14.2 Å². The van der Waals surface area contributed by atoms with Crippen molar-refractivity contribution in [3.8, 4) is 0 Å². The zero-order valence-corrected chi connectivity index (χ0v) is 21.1. The van der Waals surface area contributed by atoms with Gasteiger partial charge in [-0.15, -0.1) is 0 Å². The van der Waals surface area contributed by atoms with Gasteiger partial charge in [0, 0.05) is 24.8 Å². The number of hydrogen-bond acceptors (Lipinski definition) is 5. The van der Waals surface area contributed by atoms with E-state index in [2.05, 4.69) is 41.5 Å². The number of fused-ring (bicyclic) bond motifs is 1. The number of unbranched alkanes of at least 4 members (excludes halogenated alkanes) is 1. The molecule has 1 atom stereocenters. The van der Waals surface area contributed by atoms with Gasteiger partial charge in [0.1, 0.15) is 17.7 Å². The van der Waals surface area contributed by atoms with E-state index in [9.17, 15) is 19.1 Å². The van der Waals surface area contributed by atoms with Crippen molar-refractivity contribution in [3.05, 3.63) is 58.0 Å². The lowest BCUT2D eigenvalue weighted by molar-refractivity contribution is -0.139. The highest BCUT2D eigenvalue weighted by Gasteiger charge is 2.24. The number of carbonyl (C=O) groups is 2. The number of hydrogen-bond donors (Lipinski definition) is 3. The number of aliphatic carboxylic acids is 1. The van der Waals surface area contributed by atoms with Crippen LogP contribution in [0.2, 0.25) is 5.02 Å². The second kappa shape index (κ2) is 12.8. The number of pyridine rings is 1. The van der Waals surface area contributed by atoms with Crippen LogP contribution < -0.4 is 10.6 Å². The normalized spacial score (nSPS) is 13.9. The molecule has 2 heterocycles. The maximum Gasteiger partial charge on any atom is 0.326 e. The molecule has 3 rings (SSSR count). The maximum absolute atomic E-state index is 13.7. The first-order valence-electron chi connectivity index (χ1n) is 12.2. The van der Waals surface area contributed by atoms with E-state index in [0.717, 1.165) is 62.8 Å². The minimum absolute atomic E-state index is 0.0791. The minimum atomic E-state index is -1.14. The molecular formula is C26H34ClFN4O3. The summed E-state index contributed by atoms with van der Waals surface area (Å²) in [5.74, 6) is -1.55. The third kappa shape index (κ3) is 7.64. The Morgan fingerprint density at radius 2 is 2.03 bits per heavy atom. The number of carboxylic acid groups (broad SMARTS) is 1. The quantitative estimate of drug-likeness (QED) is 0.367. The van der Waals surface area contributed by atoms with Gasteiger partial charge < -0.3 is 20.6 Å². The minimum Gasteiger partial charge on any atom is -0.480 e. The summed E-state index contributed by atoms with van der Waals surface area (Å²) < 4.78 is 13.7. The van der Waals surface area contributed by atoms with Gasteiger partial charge in [-0.3, -0.25) is 4.79 Å². The van der Waals surface area contributed by atoms with Crippen LogP contribution in [0.5, 0.6) is 0 Å². The number of halogens is 2. The summed E-state index contributed by atoms with van der Waals surface area (Å²) in [5, 5.41) is 15.1. The van der Waals surface area contributed by atoms with Crippen molar-refractivity contribution in [2.45, 2.75) is 64.5 Å². The molecule has 0 bridgehead atoms. The van der Waals surface area contributed by atoms with Crippen LogP contribution in [0, 0.1) is 5.82 Å². The van der Waals surface area contributed by atoms with E-state index < -0.39 is 23.7 Å². The second-order valence-corrected chi connectivity index (χ2v) is 9.56. The molecule has 0 spiro atoms. The van der Waals surface area contributed by atoms with Gasteiger partial charge in [0.05, 0.1) is 10.6 Å². The molecule has 190 valence electrons. The smallest absolute Gasteiger partial charge is 0.326 e. The van der Waals surface area contributed by atoms with Crippen molar-refractivity contribution in [3.63, 3.8) is 0 Å². The van der Waals surface area contributed by atoms with Crippen LogP contribution in [0.15, 0.2) is 30.3 Å². The number of aryl methyl sites for hydroxylation is 2. The Bertz CT molecular complexity index is 1030. The first kappa shape index (κ1) is 26.9. The van der Waals surface area contributed by atoms with Crippen molar-refractivity contribution in [2.24, 2.45) is 0 Å². The van der Waals surface area contributed by atoms with Gasteiger partial charge in [-0.05, 0) is 82.7 Å². The van der Waals surface area contributed by atoms with Crippen LogP contribution >= 0.6 is 11.6 Å². The first-order valence-corrected chi connectivity index (χ1v) is 12.6. The monoisotopic (exact) mass is 504 g/mol. The van der Waals surface area contributed by atoms with Crippen molar-refractivity contribution in [1.82, 2.24) is 15.2 Å². The van der Waals surface area contributed by atoms with E-state index in [-0.39, 0.29) is 23.0 Å². The zero-order valence-electron chi connectivity index (χ0n) is 20.3. The van der Waals surface area contributed by atoms with Crippen molar-refractivity contribution < 1.29 is 19.1 Å². The Labute approximate surface area is 211 Å². The predicted octanol–water partition coefficient (Wildman–Crippen LogP) is 4.54. The average Bonchev–Trinajstić information content (AvgIpc) is 2.83. The van der Waals surface area contributed by atoms with Crippen molar-refractivity contribution >= 4 is 29.3 Å². The van der Waals surface area contributed by atoms with E-state index in [4.69, 9.17) is 16.6 Å². The third-order valence-electron chi connectivity index (χ3n) is 6.31. The summed E-state index contributed by atoms with van der Waals surface area (Å²) in [5.41, 5.74) is 2.29. The number of rotatable bonds is 12. The summed E-state index contributed by atoms with van der Waals surface area (Å²) in [6.45, 7) is 6.43. The summed E-state index contributed by atoms with van der Waals surface area (Å²) in [6.07, 6.45) is 5.27. The molecule has 0 aliphatic carbocycles. The van der Waals surface area contributed by atoms with Gasteiger partial charge in [-0.2, -0.15) is 0 Å². The second-order valence-electron chi connectivity index (χ2n) is 9.18. The Balaban J connectivity index is 1.48. The molecule has 1 aliphatic rings. The molecule has 3 N–H and O–H groups in total. The number of carboxylic acids is 1. The number of amides is 1. The number of nitrogens with zero attached hydrogens (tertiary/aromatic N) is 2. The van der Waals surface area contributed by atoms with E-state index >= 15 is 0 Å².